The average Bonchev–Trinajstić information content (AvgIpc) is 2.86. The van der Waals surface area contributed by atoms with Crippen LogP contribution < -0.4 is 11.3 Å². The van der Waals surface area contributed by atoms with Crippen molar-refractivity contribution in [3.05, 3.63) is 36.8 Å². The minimum absolute atomic E-state index is 0.392. The molecule has 1 aromatic heterocycles. The molecule has 0 bridgehead atoms. The predicted octanol–water partition coefficient (Wildman–Crippen LogP) is 3.18. The first-order chi connectivity index (χ1) is 8.36. The summed E-state index contributed by atoms with van der Waals surface area (Å²) in [5.74, 6) is 6.60. The van der Waals surface area contributed by atoms with Crippen molar-refractivity contribution in [1.29, 1.82) is 0 Å². The van der Waals surface area contributed by atoms with Gasteiger partial charge >= 0.3 is 0 Å². The van der Waals surface area contributed by atoms with Crippen molar-refractivity contribution in [3.63, 3.8) is 0 Å². The van der Waals surface area contributed by atoms with Crippen molar-refractivity contribution in [3.8, 4) is 0 Å². The maximum atomic E-state index is 5.56. The summed E-state index contributed by atoms with van der Waals surface area (Å²) in [6.45, 7) is 3.72. The standard InChI is InChI=1S/C14H24N2O/c1-2-3-4-5-6-8-13(16-15)10-11-14-9-7-12-17-14/h2,7,9,12-13,16H,1,3-6,8,10-11,15H2. The largest absolute Gasteiger partial charge is 0.469 e. The topological polar surface area (TPSA) is 51.2 Å². The molecule has 1 rings (SSSR count). The van der Waals surface area contributed by atoms with E-state index in [9.17, 15) is 0 Å². The molecule has 0 aromatic carbocycles. The number of hydrazine groups is 1. The highest BCUT2D eigenvalue weighted by Crippen LogP contribution is 2.11. The quantitative estimate of drug-likeness (QED) is 0.284. The lowest BCUT2D eigenvalue weighted by Gasteiger charge is -2.14. The molecular formula is C14H24N2O. The van der Waals surface area contributed by atoms with Crippen LogP contribution >= 0.6 is 0 Å². The maximum absolute atomic E-state index is 5.56. The van der Waals surface area contributed by atoms with Crippen LogP contribution in [0.2, 0.25) is 0 Å². The third-order valence-electron chi connectivity index (χ3n) is 3.02. The van der Waals surface area contributed by atoms with Crippen LogP contribution in [0.4, 0.5) is 0 Å². The van der Waals surface area contributed by atoms with E-state index >= 15 is 0 Å². The zero-order chi connectivity index (χ0) is 12.3. The molecule has 0 amide bonds. The van der Waals surface area contributed by atoms with Gasteiger partial charge in [0.25, 0.3) is 0 Å². The second-order valence-electron chi connectivity index (χ2n) is 4.41. The molecule has 1 atom stereocenters. The molecule has 3 N–H and O–H groups in total. The molecule has 0 spiro atoms. The van der Waals surface area contributed by atoms with Gasteiger partial charge in [0.05, 0.1) is 6.26 Å². The second kappa shape index (κ2) is 9.02. The SMILES string of the molecule is C=CCCCCCC(CCc1ccco1)NN. The van der Waals surface area contributed by atoms with Crippen molar-refractivity contribution >= 4 is 0 Å². The lowest BCUT2D eigenvalue weighted by atomic mass is 10.0. The minimum atomic E-state index is 0.392. The Morgan fingerprint density at radius 3 is 2.88 bits per heavy atom. The van der Waals surface area contributed by atoms with Crippen molar-refractivity contribution in [2.45, 2.75) is 51.0 Å². The van der Waals surface area contributed by atoms with Gasteiger partial charge in [0.1, 0.15) is 5.76 Å². The van der Waals surface area contributed by atoms with Gasteiger partial charge < -0.3 is 4.42 Å². The fourth-order valence-corrected chi connectivity index (χ4v) is 1.94. The summed E-state index contributed by atoms with van der Waals surface area (Å²) in [6, 6.07) is 4.33. The lowest BCUT2D eigenvalue weighted by Crippen LogP contribution is -2.35. The van der Waals surface area contributed by atoms with E-state index in [1.807, 2.05) is 18.2 Å². The smallest absolute Gasteiger partial charge is 0.103 e. The van der Waals surface area contributed by atoms with Crippen LogP contribution in [0.5, 0.6) is 0 Å². The van der Waals surface area contributed by atoms with Crippen LogP contribution in [-0.4, -0.2) is 6.04 Å². The van der Waals surface area contributed by atoms with Gasteiger partial charge in [0.2, 0.25) is 0 Å². The van der Waals surface area contributed by atoms with Crippen molar-refractivity contribution in [1.82, 2.24) is 5.43 Å². The number of allylic oxidation sites excluding steroid dienone is 1. The summed E-state index contributed by atoms with van der Waals surface area (Å²) in [5, 5.41) is 0. The molecular weight excluding hydrogens is 212 g/mol. The molecule has 1 unspecified atom stereocenters. The van der Waals surface area contributed by atoms with Crippen LogP contribution in [-0.2, 0) is 6.42 Å². The third kappa shape index (κ3) is 6.29. The van der Waals surface area contributed by atoms with Crippen LogP contribution in [0.15, 0.2) is 35.5 Å². The summed E-state index contributed by atoms with van der Waals surface area (Å²) in [6.07, 6.45) is 11.7. The van der Waals surface area contributed by atoms with Gasteiger partial charge in [-0.05, 0) is 37.8 Å². The molecule has 1 aromatic rings. The summed E-state index contributed by atoms with van der Waals surface area (Å²) in [4.78, 5) is 0. The number of hydrogen-bond acceptors (Lipinski definition) is 3. The van der Waals surface area contributed by atoms with Gasteiger partial charge in [-0.2, -0.15) is 0 Å². The van der Waals surface area contributed by atoms with Crippen LogP contribution in [0, 0.1) is 0 Å². The van der Waals surface area contributed by atoms with Gasteiger partial charge in [-0.15, -0.1) is 6.58 Å². The highest BCUT2D eigenvalue weighted by Gasteiger charge is 2.07. The lowest BCUT2D eigenvalue weighted by molar-refractivity contribution is 0.418. The Morgan fingerprint density at radius 1 is 1.35 bits per heavy atom. The fraction of sp³-hybridized carbons (Fsp3) is 0.571. The molecule has 0 saturated heterocycles. The Kier molecular flexibility index (Phi) is 7.43. The number of nitrogens with two attached hydrogens (primary N) is 1. The number of aryl methyl sites for hydroxylation is 1. The maximum Gasteiger partial charge on any atom is 0.103 e. The first-order valence-corrected chi connectivity index (χ1v) is 6.46. The van der Waals surface area contributed by atoms with Crippen LogP contribution in [0.3, 0.4) is 0 Å². The summed E-state index contributed by atoms with van der Waals surface area (Å²) in [7, 11) is 0. The van der Waals surface area contributed by atoms with E-state index in [4.69, 9.17) is 10.3 Å². The Labute approximate surface area is 104 Å². The van der Waals surface area contributed by atoms with Crippen molar-refractivity contribution < 1.29 is 4.42 Å². The van der Waals surface area contributed by atoms with Gasteiger partial charge in [-0.3, -0.25) is 11.3 Å². The molecule has 96 valence electrons. The highest BCUT2D eigenvalue weighted by molar-refractivity contribution is 4.98. The molecule has 0 aliphatic heterocycles. The van der Waals surface area contributed by atoms with Crippen LogP contribution in [0.1, 0.15) is 44.3 Å². The molecule has 1 heterocycles. The average molecular weight is 236 g/mol. The Balaban J connectivity index is 2.08. The Morgan fingerprint density at radius 2 is 2.24 bits per heavy atom. The number of nitrogens with one attached hydrogen (secondary N) is 1. The Hall–Kier alpha value is -1.06. The van der Waals surface area contributed by atoms with Crippen LogP contribution in [0.25, 0.3) is 0 Å². The predicted molar refractivity (Wildman–Crippen MR) is 71.4 cm³/mol. The molecule has 0 radical (unpaired) electrons. The molecule has 0 aliphatic carbocycles. The molecule has 3 nitrogen and oxygen atoms in total. The summed E-state index contributed by atoms with van der Waals surface area (Å²) < 4.78 is 5.31. The van der Waals surface area contributed by atoms with Crippen molar-refractivity contribution in [2.24, 2.45) is 5.84 Å². The monoisotopic (exact) mass is 236 g/mol. The van der Waals surface area contributed by atoms with E-state index in [0.717, 1.165) is 31.4 Å². The van der Waals surface area contributed by atoms with E-state index in [1.54, 1.807) is 6.26 Å². The van der Waals surface area contributed by atoms with Gasteiger partial charge in [0, 0.05) is 12.5 Å². The second-order valence-corrected chi connectivity index (χ2v) is 4.41. The van der Waals surface area contributed by atoms with E-state index in [-0.39, 0.29) is 0 Å². The molecule has 0 saturated carbocycles. The fourth-order valence-electron chi connectivity index (χ4n) is 1.94. The van der Waals surface area contributed by atoms with Gasteiger partial charge in [-0.25, -0.2) is 0 Å². The van der Waals surface area contributed by atoms with Gasteiger partial charge in [-0.1, -0.05) is 18.9 Å². The minimum Gasteiger partial charge on any atom is -0.469 e. The molecule has 0 aliphatic rings. The van der Waals surface area contributed by atoms with Gasteiger partial charge in [0.15, 0.2) is 0 Å². The first kappa shape index (κ1) is 14.0. The number of hydrogen-bond donors (Lipinski definition) is 2. The normalized spacial score (nSPS) is 12.5. The summed E-state index contributed by atoms with van der Waals surface area (Å²) >= 11 is 0. The molecule has 3 heteroatoms. The van der Waals surface area contributed by atoms with Crippen molar-refractivity contribution in [2.75, 3.05) is 0 Å². The van der Waals surface area contributed by atoms with E-state index in [2.05, 4.69) is 12.0 Å². The number of rotatable bonds is 10. The third-order valence-corrected chi connectivity index (χ3v) is 3.02. The zero-order valence-electron chi connectivity index (χ0n) is 10.5. The van der Waals surface area contributed by atoms with E-state index in [1.165, 1.54) is 19.3 Å². The Bertz CT molecular complexity index is 282. The zero-order valence-corrected chi connectivity index (χ0v) is 10.5. The number of furan rings is 1. The van der Waals surface area contributed by atoms with E-state index < -0.39 is 0 Å². The van der Waals surface area contributed by atoms with E-state index in [0.29, 0.717) is 6.04 Å². The molecule has 17 heavy (non-hydrogen) atoms. The summed E-state index contributed by atoms with van der Waals surface area (Å²) in [5.41, 5.74) is 2.89. The molecule has 0 fully saturated rings. The first-order valence-electron chi connectivity index (χ1n) is 6.46. The highest BCUT2D eigenvalue weighted by atomic mass is 16.3. The number of unbranched alkanes of at least 4 members (excludes halogenated alkanes) is 3.